The van der Waals surface area contributed by atoms with E-state index < -0.39 is 16.0 Å². The Morgan fingerprint density at radius 1 is 1.15 bits per heavy atom. The van der Waals surface area contributed by atoms with Crippen LogP contribution in [0.4, 0.5) is 11.5 Å². The maximum Gasteiger partial charge on any atom is 0.337 e. The SMILES string of the molecule is Cc1ccc(C)c(S(=O)(=O)Nc2cc(C(=O)O)cnc2N2CCC[C@@H](CN3CCCC3)C2)c1. The molecular weight excluding hydrogens is 440 g/mol. The quantitative estimate of drug-likeness (QED) is 0.636. The molecule has 0 radical (unpaired) electrons. The summed E-state index contributed by atoms with van der Waals surface area (Å²) in [5.41, 5.74) is 1.61. The third-order valence-corrected chi connectivity index (χ3v) is 8.03. The molecule has 9 heteroatoms. The van der Waals surface area contributed by atoms with Gasteiger partial charge in [-0.05, 0) is 81.8 Å². The summed E-state index contributed by atoms with van der Waals surface area (Å²) in [6.45, 7) is 8.43. The summed E-state index contributed by atoms with van der Waals surface area (Å²) in [6.07, 6.45) is 5.92. The zero-order valence-electron chi connectivity index (χ0n) is 19.2. The van der Waals surface area contributed by atoms with Gasteiger partial charge in [0.2, 0.25) is 0 Å². The number of nitrogens with zero attached hydrogens (tertiary/aromatic N) is 3. The number of rotatable bonds is 7. The zero-order chi connectivity index (χ0) is 23.6. The van der Waals surface area contributed by atoms with Crippen molar-refractivity contribution in [1.82, 2.24) is 9.88 Å². The molecule has 2 aromatic rings. The summed E-state index contributed by atoms with van der Waals surface area (Å²) >= 11 is 0. The van der Waals surface area contributed by atoms with Crippen molar-refractivity contribution in [1.29, 1.82) is 0 Å². The van der Waals surface area contributed by atoms with E-state index in [9.17, 15) is 18.3 Å². The summed E-state index contributed by atoms with van der Waals surface area (Å²) in [5, 5.41) is 9.47. The molecule has 1 atom stereocenters. The molecule has 178 valence electrons. The molecule has 2 aliphatic rings. The number of carbonyl (C=O) groups is 1. The fourth-order valence-corrected chi connectivity index (χ4v) is 6.22. The highest BCUT2D eigenvalue weighted by Crippen LogP contribution is 2.32. The van der Waals surface area contributed by atoms with Crippen molar-refractivity contribution in [3.05, 3.63) is 47.2 Å². The van der Waals surface area contributed by atoms with Gasteiger partial charge in [0, 0.05) is 25.8 Å². The molecule has 1 aromatic carbocycles. The van der Waals surface area contributed by atoms with E-state index in [0.717, 1.165) is 51.1 Å². The molecule has 2 saturated heterocycles. The molecular formula is C24H32N4O4S. The van der Waals surface area contributed by atoms with Crippen molar-refractivity contribution in [3.8, 4) is 0 Å². The third-order valence-electron chi connectivity index (χ3n) is 6.52. The highest BCUT2D eigenvalue weighted by molar-refractivity contribution is 7.92. The first-order valence-electron chi connectivity index (χ1n) is 11.5. The first kappa shape index (κ1) is 23.5. The topological polar surface area (TPSA) is 103 Å². The van der Waals surface area contributed by atoms with Gasteiger partial charge in [-0.25, -0.2) is 18.2 Å². The van der Waals surface area contributed by atoms with E-state index in [1.54, 1.807) is 19.1 Å². The number of anilines is 2. The molecule has 0 unspecified atom stereocenters. The Balaban J connectivity index is 1.63. The number of aromatic nitrogens is 1. The second kappa shape index (κ2) is 9.69. The fourth-order valence-electron chi connectivity index (χ4n) is 4.83. The van der Waals surface area contributed by atoms with Crippen LogP contribution >= 0.6 is 0 Å². The van der Waals surface area contributed by atoms with Crippen LogP contribution in [0, 0.1) is 19.8 Å². The molecule has 4 rings (SSSR count). The fraction of sp³-hybridized carbons (Fsp3) is 0.500. The van der Waals surface area contributed by atoms with Gasteiger partial charge < -0.3 is 14.9 Å². The molecule has 33 heavy (non-hydrogen) atoms. The minimum Gasteiger partial charge on any atom is -0.478 e. The lowest BCUT2D eigenvalue weighted by molar-refractivity contribution is 0.0696. The van der Waals surface area contributed by atoms with Crippen LogP contribution < -0.4 is 9.62 Å². The maximum atomic E-state index is 13.3. The van der Waals surface area contributed by atoms with Gasteiger partial charge in [0.05, 0.1) is 16.1 Å². The van der Waals surface area contributed by atoms with Crippen LogP contribution in [0.5, 0.6) is 0 Å². The van der Waals surface area contributed by atoms with Gasteiger partial charge in [0.25, 0.3) is 10.0 Å². The minimum absolute atomic E-state index is 0.0527. The molecule has 1 aromatic heterocycles. The van der Waals surface area contributed by atoms with Gasteiger partial charge in [0.15, 0.2) is 5.82 Å². The van der Waals surface area contributed by atoms with Crippen LogP contribution in [0.2, 0.25) is 0 Å². The molecule has 3 heterocycles. The van der Waals surface area contributed by atoms with E-state index in [-0.39, 0.29) is 16.1 Å². The molecule has 0 bridgehead atoms. The van der Waals surface area contributed by atoms with E-state index in [1.165, 1.54) is 25.1 Å². The summed E-state index contributed by atoms with van der Waals surface area (Å²) in [5.74, 6) is -0.187. The van der Waals surface area contributed by atoms with E-state index in [1.807, 2.05) is 13.0 Å². The predicted octanol–water partition coefficient (Wildman–Crippen LogP) is 3.51. The molecule has 8 nitrogen and oxygen atoms in total. The number of likely N-dealkylation sites (tertiary alicyclic amines) is 1. The number of piperidine rings is 1. The van der Waals surface area contributed by atoms with E-state index in [0.29, 0.717) is 17.3 Å². The standard InChI is InChI=1S/C24H32N4O4S/c1-17-7-8-18(2)22(12-17)33(31,32)26-21-13-20(24(29)30)14-25-23(21)28-11-5-6-19(16-28)15-27-9-3-4-10-27/h7-8,12-14,19,26H,3-6,9-11,15-16H2,1-2H3,(H,29,30)/t19-/m0/s1. The zero-order valence-corrected chi connectivity index (χ0v) is 20.1. The van der Waals surface area contributed by atoms with Crippen LogP contribution in [0.1, 0.15) is 47.2 Å². The van der Waals surface area contributed by atoms with Gasteiger partial charge >= 0.3 is 5.97 Å². The number of carboxylic acids is 1. The number of benzene rings is 1. The number of pyridine rings is 1. The normalized spacial score (nSPS) is 19.6. The van der Waals surface area contributed by atoms with Crippen molar-refractivity contribution >= 4 is 27.5 Å². The van der Waals surface area contributed by atoms with Gasteiger partial charge in [0.1, 0.15) is 0 Å². The molecule has 2 N–H and O–H groups in total. The second-order valence-electron chi connectivity index (χ2n) is 9.24. The summed E-state index contributed by atoms with van der Waals surface area (Å²) in [4.78, 5) is 20.8. The number of sulfonamides is 1. The second-order valence-corrected chi connectivity index (χ2v) is 10.9. The van der Waals surface area contributed by atoms with Crippen LogP contribution in [-0.2, 0) is 10.0 Å². The number of aromatic carboxylic acids is 1. The molecule has 0 aliphatic carbocycles. The molecule has 0 amide bonds. The number of nitrogens with one attached hydrogen (secondary N) is 1. The maximum absolute atomic E-state index is 13.3. The number of hydrogen-bond acceptors (Lipinski definition) is 6. The summed E-state index contributed by atoms with van der Waals surface area (Å²) in [6, 6.07) is 6.63. The Hall–Kier alpha value is -2.65. The Bertz CT molecular complexity index is 1130. The summed E-state index contributed by atoms with van der Waals surface area (Å²) < 4.78 is 29.2. The van der Waals surface area contributed by atoms with Gasteiger partial charge in [-0.1, -0.05) is 12.1 Å². The van der Waals surface area contributed by atoms with E-state index in [2.05, 4.69) is 19.5 Å². The third kappa shape index (κ3) is 5.47. The molecule has 0 saturated carbocycles. The number of aryl methyl sites for hydroxylation is 2. The average Bonchev–Trinajstić information content (AvgIpc) is 3.28. The number of hydrogen-bond donors (Lipinski definition) is 2. The lowest BCUT2D eigenvalue weighted by Crippen LogP contribution is -2.41. The average molecular weight is 473 g/mol. The molecule has 0 spiro atoms. The van der Waals surface area contributed by atoms with Crippen LogP contribution in [0.25, 0.3) is 0 Å². The highest BCUT2D eigenvalue weighted by atomic mass is 32.2. The Morgan fingerprint density at radius 2 is 1.91 bits per heavy atom. The Labute approximate surface area is 195 Å². The monoisotopic (exact) mass is 472 g/mol. The summed E-state index contributed by atoms with van der Waals surface area (Å²) in [7, 11) is -3.92. The van der Waals surface area contributed by atoms with E-state index >= 15 is 0 Å². The smallest absolute Gasteiger partial charge is 0.337 e. The van der Waals surface area contributed by atoms with E-state index in [4.69, 9.17) is 0 Å². The Kier molecular flexibility index (Phi) is 6.90. The van der Waals surface area contributed by atoms with Crippen LogP contribution in [0.15, 0.2) is 35.4 Å². The van der Waals surface area contributed by atoms with Crippen molar-refractivity contribution in [2.75, 3.05) is 42.3 Å². The first-order chi connectivity index (χ1) is 15.7. The van der Waals surface area contributed by atoms with Crippen molar-refractivity contribution in [2.24, 2.45) is 5.92 Å². The van der Waals surface area contributed by atoms with Crippen LogP contribution in [-0.4, -0.2) is 62.1 Å². The number of carboxylic acid groups (broad SMARTS) is 1. The molecule has 2 fully saturated rings. The van der Waals surface area contributed by atoms with Crippen molar-refractivity contribution in [2.45, 2.75) is 44.4 Å². The van der Waals surface area contributed by atoms with Crippen molar-refractivity contribution < 1.29 is 18.3 Å². The predicted molar refractivity (Wildman–Crippen MR) is 129 cm³/mol. The Morgan fingerprint density at radius 3 is 2.64 bits per heavy atom. The molecule has 2 aliphatic heterocycles. The first-order valence-corrected chi connectivity index (χ1v) is 13.0. The van der Waals surface area contributed by atoms with Crippen molar-refractivity contribution in [3.63, 3.8) is 0 Å². The lowest BCUT2D eigenvalue weighted by atomic mass is 9.97. The highest BCUT2D eigenvalue weighted by Gasteiger charge is 2.28. The largest absolute Gasteiger partial charge is 0.478 e. The van der Waals surface area contributed by atoms with Gasteiger partial charge in [-0.2, -0.15) is 0 Å². The van der Waals surface area contributed by atoms with Crippen LogP contribution in [0.3, 0.4) is 0 Å². The van der Waals surface area contributed by atoms with Gasteiger partial charge in [-0.3, -0.25) is 4.72 Å². The van der Waals surface area contributed by atoms with Gasteiger partial charge in [-0.15, -0.1) is 0 Å². The lowest BCUT2D eigenvalue weighted by Gasteiger charge is -2.36. The minimum atomic E-state index is -3.92.